The third-order valence-corrected chi connectivity index (χ3v) is 1.24. The molecule has 1 rings (SSSR count). The number of rotatable bonds is 3. The van der Waals surface area contributed by atoms with E-state index >= 15 is 0 Å². The molecule has 12 heavy (non-hydrogen) atoms. The quantitative estimate of drug-likeness (QED) is 0.686. The smallest absolute Gasteiger partial charge is 0.255 e. The van der Waals surface area contributed by atoms with Gasteiger partial charge in [0.15, 0.2) is 0 Å². The maximum absolute atomic E-state index is 11.8. The topological polar surface area (TPSA) is 70.8 Å². The van der Waals surface area contributed by atoms with Crippen LogP contribution in [0.2, 0.25) is 0 Å². The third-order valence-electron chi connectivity index (χ3n) is 1.24. The average molecular weight is 177 g/mol. The molecule has 0 aliphatic carbocycles. The van der Waals surface area contributed by atoms with Crippen LogP contribution in [0.1, 0.15) is 0 Å². The van der Waals surface area contributed by atoms with Gasteiger partial charge in [0, 0.05) is 7.05 Å². The van der Waals surface area contributed by atoms with Gasteiger partial charge in [0.2, 0.25) is 11.9 Å². The summed E-state index contributed by atoms with van der Waals surface area (Å²) in [5.74, 6) is 0.291. The number of H-pyrrole nitrogens is 1. The van der Waals surface area contributed by atoms with Crippen LogP contribution in [0.5, 0.6) is 0 Å². The number of aromatic nitrogens is 3. The summed E-state index contributed by atoms with van der Waals surface area (Å²) in [6.45, 7) is -0.405. The normalized spacial score (nSPS) is 10.7. The first-order valence-electron chi connectivity index (χ1n) is 3.26. The van der Waals surface area contributed by atoms with Crippen LogP contribution < -0.4 is 10.6 Å². The molecule has 0 aliphatic heterocycles. The molecule has 0 aromatic carbocycles. The summed E-state index contributed by atoms with van der Waals surface area (Å²) in [5.41, 5.74) is 5.20. The molecule has 0 unspecified atom stereocenters. The van der Waals surface area contributed by atoms with Crippen LogP contribution in [0.3, 0.4) is 0 Å². The second-order valence-electron chi connectivity index (χ2n) is 2.29. The number of nitrogens with one attached hydrogen (secondary N) is 1. The minimum absolute atomic E-state index is 0.117. The van der Waals surface area contributed by atoms with Gasteiger partial charge in [-0.05, 0) is 0 Å². The van der Waals surface area contributed by atoms with Gasteiger partial charge in [0.05, 0.1) is 6.54 Å². The highest BCUT2D eigenvalue weighted by Gasteiger charge is 2.11. The summed E-state index contributed by atoms with van der Waals surface area (Å²) in [7, 11) is 1.47. The predicted octanol–water partition coefficient (Wildman–Crippen LogP) is 0.0882. The van der Waals surface area contributed by atoms with Crippen LogP contribution in [0.25, 0.3) is 0 Å². The molecule has 1 heterocycles. The number of nitrogen functional groups attached to an aromatic ring is 1. The zero-order chi connectivity index (χ0) is 9.14. The Hall–Kier alpha value is -1.40. The van der Waals surface area contributed by atoms with Gasteiger partial charge in [-0.2, -0.15) is 4.98 Å². The molecule has 0 radical (unpaired) electrons. The molecule has 0 bridgehead atoms. The monoisotopic (exact) mass is 177 g/mol. The number of anilines is 2. The lowest BCUT2D eigenvalue weighted by Crippen LogP contribution is -2.25. The average Bonchev–Trinajstić information content (AvgIpc) is 2.34. The fourth-order valence-electron chi connectivity index (χ4n) is 0.724. The van der Waals surface area contributed by atoms with Gasteiger partial charge in [-0.1, -0.05) is 0 Å². The number of hydrogen-bond acceptors (Lipinski definition) is 4. The van der Waals surface area contributed by atoms with E-state index in [0.717, 1.165) is 0 Å². The van der Waals surface area contributed by atoms with E-state index < -0.39 is 13.0 Å². The molecule has 0 saturated heterocycles. The fourth-order valence-corrected chi connectivity index (χ4v) is 0.724. The Morgan fingerprint density at radius 1 is 1.67 bits per heavy atom. The highest BCUT2D eigenvalue weighted by molar-refractivity contribution is 5.32. The SMILES string of the molecule is CN(CC(F)F)c1n[nH]c(N)n1. The maximum atomic E-state index is 11.8. The number of alkyl halides is 2. The van der Waals surface area contributed by atoms with Crippen molar-refractivity contribution in [1.29, 1.82) is 0 Å². The van der Waals surface area contributed by atoms with Crippen molar-refractivity contribution < 1.29 is 8.78 Å². The summed E-state index contributed by atoms with van der Waals surface area (Å²) in [5, 5.41) is 5.95. The molecule has 0 fully saturated rings. The van der Waals surface area contributed by atoms with E-state index in [1.54, 1.807) is 0 Å². The lowest BCUT2D eigenvalue weighted by Gasteiger charge is -2.12. The highest BCUT2D eigenvalue weighted by atomic mass is 19.3. The van der Waals surface area contributed by atoms with Crippen molar-refractivity contribution in [1.82, 2.24) is 15.2 Å². The van der Waals surface area contributed by atoms with Crippen molar-refractivity contribution in [3.63, 3.8) is 0 Å². The van der Waals surface area contributed by atoms with Crippen LogP contribution in [-0.2, 0) is 0 Å². The highest BCUT2D eigenvalue weighted by Crippen LogP contribution is 2.06. The molecule has 68 valence electrons. The molecule has 5 nitrogen and oxygen atoms in total. The van der Waals surface area contributed by atoms with Crippen LogP contribution in [-0.4, -0.2) is 35.2 Å². The van der Waals surface area contributed by atoms with E-state index in [1.165, 1.54) is 11.9 Å². The zero-order valence-corrected chi connectivity index (χ0v) is 6.46. The van der Waals surface area contributed by atoms with Gasteiger partial charge in [0.25, 0.3) is 6.43 Å². The van der Waals surface area contributed by atoms with Crippen molar-refractivity contribution in [3.05, 3.63) is 0 Å². The van der Waals surface area contributed by atoms with Crippen molar-refractivity contribution in [2.45, 2.75) is 6.43 Å². The van der Waals surface area contributed by atoms with Crippen LogP contribution in [0.15, 0.2) is 0 Å². The number of nitrogens with zero attached hydrogens (tertiary/aromatic N) is 3. The van der Waals surface area contributed by atoms with E-state index in [0.29, 0.717) is 0 Å². The second kappa shape index (κ2) is 3.33. The Bertz CT molecular complexity index is 248. The summed E-state index contributed by atoms with van der Waals surface area (Å²) in [4.78, 5) is 4.89. The molecular formula is C5H9F2N5. The molecule has 0 atom stereocenters. The first kappa shape index (κ1) is 8.69. The van der Waals surface area contributed by atoms with Gasteiger partial charge >= 0.3 is 0 Å². The standard InChI is InChI=1S/C5H9F2N5/c1-12(2-3(6)7)5-9-4(8)10-11-5/h3H,2H2,1H3,(H3,8,9,10,11). The largest absolute Gasteiger partial charge is 0.368 e. The minimum atomic E-state index is -2.41. The first-order valence-corrected chi connectivity index (χ1v) is 3.26. The van der Waals surface area contributed by atoms with Gasteiger partial charge < -0.3 is 10.6 Å². The number of aromatic amines is 1. The summed E-state index contributed by atoms with van der Waals surface area (Å²) >= 11 is 0. The lowest BCUT2D eigenvalue weighted by atomic mass is 10.6. The molecular weight excluding hydrogens is 168 g/mol. The Morgan fingerprint density at radius 3 is 2.75 bits per heavy atom. The van der Waals surface area contributed by atoms with Crippen molar-refractivity contribution in [2.24, 2.45) is 0 Å². The van der Waals surface area contributed by atoms with Gasteiger partial charge in [-0.15, -0.1) is 5.10 Å². The summed E-state index contributed by atoms with van der Waals surface area (Å²) in [6.07, 6.45) is -2.41. The lowest BCUT2D eigenvalue weighted by molar-refractivity contribution is 0.156. The van der Waals surface area contributed by atoms with E-state index in [2.05, 4.69) is 15.2 Å². The summed E-state index contributed by atoms with van der Waals surface area (Å²) < 4.78 is 23.7. The van der Waals surface area contributed by atoms with Crippen LogP contribution >= 0.6 is 0 Å². The molecule has 0 spiro atoms. The fraction of sp³-hybridized carbons (Fsp3) is 0.600. The molecule has 3 N–H and O–H groups in total. The predicted molar refractivity (Wildman–Crippen MR) is 40.1 cm³/mol. The maximum Gasteiger partial charge on any atom is 0.255 e. The Labute approximate surface area is 67.6 Å². The molecule has 0 saturated carbocycles. The summed E-state index contributed by atoms with van der Waals surface area (Å²) in [6, 6.07) is 0. The second-order valence-corrected chi connectivity index (χ2v) is 2.29. The Balaban J connectivity index is 2.58. The van der Waals surface area contributed by atoms with Gasteiger partial charge in [0.1, 0.15) is 0 Å². The Kier molecular flexibility index (Phi) is 2.41. The number of nitrogens with two attached hydrogens (primary N) is 1. The minimum Gasteiger partial charge on any atom is -0.368 e. The van der Waals surface area contributed by atoms with E-state index in [9.17, 15) is 8.78 Å². The third kappa shape index (κ3) is 2.04. The molecule has 7 heteroatoms. The molecule has 0 amide bonds. The van der Waals surface area contributed by atoms with E-state index in [4.69, 9.17) is 5.73 Å². The van der Waals surface area contributed by atoms with E-state index in [-0.39, 0.29) is 11.9 Å². The molecule has 1 aromatic rings. The van der Waals surface area contributed by atoms with Crippen molar-refractivity contribution in [2.75, 3.05) is 24.2 Å². The molecule has 0 aliphatic rings. The Morgan fingerprint density at radius 2 is 2.33 bits per heavy atom. The van der Waals surface area contributed by atoms with Crippen molar-refractivity contribution >= 4 is 11.9 Å². The first-order chi connectivity index (χ1) is 5.59. The van der Waals surface area contributed by atoms with Crippen LogP contribution in [0, 0.1) is 0 Å². The van der Waals surface area contributed by atoms with Crippen molar-refractivity contribution in [3.8, 4) is 0 Å². The van der Waals surface area contributed by atoms with E-state index in [1.807, 2.05) is 0 Å². The van der Waals surface area contributed by atoms with Gasteiger partial charge in [-0.3, -0.25) is 0 Å². The number of halogens is 2. The van der Waals surface area contributed by atoms with Gasteiger partial charge in [-0.25, -0.2) is 13.9 Å². The zero-order valence-electron chi connectivity index (χ0n) is 6.46. The number of hydrogen-bond donors (Lipinski definition) is 2. The van der Waals surface area contributed by atoms with Crippen LogP contribution in [0.4, 0.5) is 20.7 Å². The molecule has 1 aromatic heterocycles.